The number of hydrazine groups is 1. The zero-order valence-electron chi connectivity index (χ0n) is 18.8. The summed E-state index contributed by atoms with van der Waals surface area (Å²) in [5.41, 5.74) is 2.81. The maximum Gasteiger partial charge on any atom is 0.344 e. The van der Waals surface area contributed by atoms with Crippen LogP contribution < -0.4 is 15.5 Å². The van der Waals surface area contributed by atoms with Gasteiger partial charge in [0, 0.05) is 6.54 Å². The Labute approximate surface area is 192 Å². The quantitative estimate of drug-likeness (QED) is 0.545. The zero-order chi connectivity index (χ0) is 23.6. The monoisotopic (exact) mass is 446 g/mol. The third kappa shape index (κ3) is 4.51. The lowest BCUT2D eigenvalue weighted by Gasteiger charge is -2.23. The van der Waals surface area contributed by atoms with Crippen molar-refractivity contribution in [2.24, 2.45) is 0 Å². The molecule has 0 aliphatic carbocycles. The summed E-state index contributed by atoms with van der Waals surface area (Å²) < 4.78 is 5.14. The van der Waals surface area contributed by atoms with Crippen molar-refractivity contribution in [1.82, 2.24) is 20.7 Å². The molecule has 1 saturated heterocycles. The Morgan fingerprint density at radius 1 is 1.06 bits per heavy atom. The summed E-state index contributed by atoms with van der Waals surface area (Å²) in [5, 5.41) is 5.70. The van der Waals surface area contributed by atoms with E-state index in [1.165, 1.54) is 0 Å². The summed E-state index contributed by atoms with van der Waals surface area (Å²) in [4.78, 5) is 39.9. The van der Waals surface area contributed by atoms with Gasteiger partial charge in [0.2, 0.25) is 0 Å². The highest BCUT2D eigenvalue weighted by Gasteiger charge is 2.50. The average Bonchev–Trinajstić information content (AvgIpc) is 3.02. The number of hydrogen-bond acceptors (Lipinski definition) is 5. The molecule has 1 fully saturated rings. The Hall–Kier alpha value is -3.91. The van der Waals surface area contributed by atoms with E-state index in [0.717, 1.165) is 21.3 Å². The van der Waals surface area contributed by atoms with Gasteiger partial charge in [0.25, 0.3) is 11.8 Å². The molecule has 0 bridgehead atoms. The van der Waals surface area contributed by atoms with E-state index in [1.54, 1.807) is 38.3 Å². The van der Waals surface area contributed by atoms with E-state index in [0.29, 0.717) is 17.9 Å². The molecule has 8 heteroatoms. The standard InChI is InChI=1S/C25H26N4O4/c1-25(20-10-12-21(33-3)13-11-20)23(31)29(24(32)26-25)27-22(30)16-28(2)15-17-8-9-18-6-4-5-7-19(18)14-17/h4-14H,15-16H2,1-3H3,(H,26,32)(H,27,30). The highest BCUT2D eigenvalue weighted by atomic mass is 16.5. The van der Waals surface area contributed by atoms with E-state index < -0.39 is 23.4 Å². The van der Waals surface area contributed by atoms with Crippen molar-refractivity contribution in [3.8, 4) is 5.75 Å². The lowest BCUT2D eigenvalue weighted by atomic mass is 9.92. The number of amides is 4. The summed E-state index contributed by atoms with van der Waals surface area (Å²) in [7, 11) is 3.36. The van der Waals surface area contributed by atoms with E-state index in [2.05, 4.69) is 16.8 Å². The molecule has 1 aliphatic heterocycles. The highest BCUT2D eigenvalue weighted by Crippen LogP contribution is 2.29. The van der Waals surface area contributed by atoms with Crippen molar-refractivity contribution in [2.45, 2.75) is 19.0 Å². The van der Waals surface area contributed by atoms with E-state index in [-0.39, 0.29) is 6.54 Å². The minimum Gasteiger partial charge on any atom is -0.497 e. The third-order valence-electron chi connectivity index (χ3n) is 5.77. The summed E-state index contributed by atoms with van der Waals surface area (Å²) in [6.07, 6.45) is 0. The fraction of sp³-hybridized carbons (Fsp3) is 0.240. The summed E-state index contributed by atoms with van der Waals surface area (Å²) in [6, 6.07) is 20.4. The first kappa shape index (κ1) is 22.3. The number of likely N-dealkylation sites (N-methyl/N-ethyl adjacent to an activating group) is 1. The number of hydrogen-bond donors (Lipinski definition) is 2. The van der Waals surface area contributed by atoms with Gasteiger partial charge in [0.15, 0.2) is 0 Å². The van der Waals surface area contributed by atoms with Crippen LogP contribution in [0.25, 0.3) is 10.8 Å². The van der Waals surface area contributed by atoms with Crippen molar-refractivity contribution >= 4 is 28.6 Å². The molecule has 1 atom stereocenters. The average molecular weight is 447 g/mol. The van der Waals surface area contributed by atoms with Gasteiger partial charge in [-0.25, -0.2) is 4.79 Å². The van der Waals surface area contributed by atoms with Gasteiger partial charge < -0.3 is 10.1 Å². The number of nitrogens with one attached hydrogen (secondary N) is 2. The van der Waals surface area contributed by atoms with Crippen LogP contribution in [0.1, 0.15) is 18.1 Å². The smallest absolute Gasteiger partial charge is 0.344 e. The Bertz CT molecular complexity index is 1210. The summed E-state index contributed by atoms with van der Waals surface area (Å²) in [6.45, 7) is 2.16. The summed E-state index contributed by atoms with van der Waals surface area (Å²) in [5.74, 6) is -0.372. The van der Waals surface area contributed by atoms with Crippen LogP contribution in [-0.2, 0) is 21.7 Å². The maximum absolute atomic E-state index is 13.0. The van der Waals surface area contributed by atoms with Crippen LogP contribution in [0, 0.1) is 0 Å². The highest BCUT2D eigenvalue weighted by molar-refractivity contribution is 6.08. The third-order valence-corrected chi connectivity index (χ3v) is 5.77. The Morgan fingerprint density at radius 2 is 1.76 bits per heavy atom. The minimum atomic E-state index is -1.28. The molecular formula is C25H26N4O4. The summed E-state index contributed by atoms with van der Waals surface area (Å²) >= 11 is 0. The Kier molecular flexibility index (Phi) is 6.02. The number of carbonyl (C=O) groups is 3. The van der Waals surface area contributed by atoms with Crippen molar-refractivity contribution in [3.05, 3.63) is 77.9 Å². The maximum atomic E-state index is 13.0. The molecule has 3 aromatic rings. The molecule has 1 unspecified atom stereocenters. The second kappa shape index (κ2) is 8.91. The molecular weight excluding hydrogens is 420 g/mol. The first-order valence-electron chi connectivity index (χ1n) is 10.6. The molecule has 2 N–H and O–H groups in total. The first-order valence-corrected chi connectivity index (χ1v) is 10.6. The van der Waals surface area contributed by atoms with E-state index >= 15 is 0 Å². The molecule has 33 heavy (non-hydrogen) atoms. The normalized spacial score (nSPS) is 18.0. The number of rotatable bonds is 7. The number of benzene rings is 3. The van der Waals surface area contributed by atoms with Gasteiger partial charge in [-0.1, -0.05) is 48.5 Å². The van der Waals surface area contributed by atoms with Crippen LogP contribution >= 0.6 is 0 Å². The second-order valence-electron chi connectivity index (χ2n) is 8.31. The van der Waals surface area contributed by atoms with Crippen LogP contribution in [0.4, 0.5) is 4.79 Å². The number of urea groups is 1. The Morgan fingerprint density at radius 3 is 2.45 bits per heavy atom. The van der Waals surface area contributed by atoms with Crippen LogP contribution in [0.5, 0.6) is 5.75 Å². The number of fused-ring (bicyclic) bond motifs is 1. The molecule has 0 radical (unpaired) electrons. The zero-order valence-corrected chi connectivity index (χ0v) is 18.8. The number of methoxy groups -OCH3 is 1. The lowest BCUT2D eigenvalue weighted by molar-refractivity contribution is -0.139. The molecule has 4 rings (SSSR count). The SMILES string of the molecule is COc1ccc(C2(C)NC(=O)N(NC(=O)CN(C)Cc3ccc4ccccc4c3)C2=O)cc1. The molecule has 4 amide bonds. The number of ether oxygens (including phenoxy) is 1. The predicted molar refractivity (Wildman–Crippen MR) is 124 cm³/mol. The van der Waals surface area contributed by atoms with Crippen molar-refractivity contribution in [3.63, 3.8) is 0 Å². The van der Waals surface area contributed by atoms with Gasteiger partial charge in [0.1, 0.15) is 11.3 Å². The van der Waals surface area contributed by atoms with Gasteiger partial charge >= 0.3 is 6.03 Å². The molecule has 8 nitrogen and oxygen atoms in total. The van der Waals surface area contributed by atoms with Crippen LogP contribution in [0.15, 0.2) is 66.7 Å². The minimum absolute atomic E-state index is 0.0170. The van der Waals surface area contributed by atoms with Crippen molar-refractivity contribution in [2.75, 3.05) is 20.7 Å². The fourth-order valence-corrected chi connectivity index (χ4v) is 3.97. The van der Waals surface area contributed by atoms with Crippen LogP contribution in [0.2, 0.25) is 0 Å². The number of carbonyl (C=O) groups excluding carboxylic acids is 3. The van der Waals surface area contributed by atoms with Crippen LogP contribution in [0.3, 0.4) is 0 Å². The van der Waals surface area contributed by atoms with Gasteiger partial charge in [-0.3, -0.25) is 19.9 Å². The van der Waals surface area contributed by atoms with Crippen molar-refractivity contribution < 1.29 is 19.1 Å². The lowest BCUT2D eigenvalue weighted by Crippen LogP contribution is -2.50. The fourth-order valence-electron chi connectivity index (χ4n) is 3.97. The van der Waals surface area contributed by atoms with Gasteiger partial charge in [-0.2, -0.15) is 5.01 Å². The molecule has 1 aliphatic rings. The molecule has 3 aromatic carbocycles. The van der Waals surface area contributed by atoms with E-state index in [4.69, 9.17) is 4.74 Å². The van der Waals surface area contributed by atoms with Crippen molar-refractivity contribution in [1.29, 1.82) is 0 Å². The number of nitrogens with zero attached hydrogens (tertiary/aromatic N) is 2. The second-order valence-corrected chi connectivity index (χ2v) is 8.31. The molecule has 0 spiro atoms. The van der Waals surface area contributed by atoms with Gasteiger partial charge in [0.05, 0.1) is 13.7 Å². The number of imide groups is 1. The van der Waals surface area contributed by atoms with Gasteiger partial charge in [-0.05, 0) is 54.1 Å². The predicted octanol–water partition coefficient (Wildman–Crippen LogP) is 2.78. The first-order chi connectivity index (χ1) is 15.8. The molecule has 0 saturated carbocycles. The van der Waals surface area contributed by atoms with Crippen LogP contribution in [-0.4, -0.2) is 48.5 Å². The van der Waals surface area contributed by atoms with E-state index in [1.807, 2.05) is 48.3 Å². The molecule has 1 heterocycles. The van der Waals surface area contributed by atoms with E-state index in [9.17, 15) is 14.4 Å². The molecule has 0 aromatic heterocycles. The largest absolute Gasteiger partial charge is 0.497 e. The Balaban J connectivity index is 1.38. The topological polar surface area (TPSA) is 91.0 Å². The molecule has 170 valence electrons. The van der Waals surface area contributed by atoms with Gasteiger partial charge in [-0.15, -0.1) is 0 Å².